The molecule has 1 aliphatic rings. The van der Waals surface area contributed by atoms with E-state index in [0.717, 1.165) is 40.7 Å². The molecule has 0 spiro atoms. The van der Waals surface area contributed by atoms with E-state index in [2.05, 4.69) is 39.8 Å². The molecule has 1 aliphatic heterocycles. The monoisotopic (exact) mass is 445 g/mol. The quantitative estimate of drug-likeness (QED) is 0.486. The van der Waals surface area contributed by atoms with E-state index in [1.807, 2.05) is 35.2 Å². The zero-order valence-electron chi connectivity index (χ0n) is 17.7. The van der Waals surface area contributed by atoms with Gasteiger partial charge in [0, 0.05) is 37.8 Å². The van der Waals surface area contributed by atoms with Crippen LogP contribution < -0.4 is 10.2 Å². The molecular formula is C25H21F2N5O. The first-order chi connectivity index (χ1) is 16.1. The molecule has 1 N–H and O–H groups in total. The van der Waals surface area contributed by atoms with Gasteiger partial charge in [-0.25, -0.2) is 13.6 Å². The predicted octanol–water partition coefficient (Wildman–Crippen LogP) is 4.93. The van der Waals surface area contributed by atoms with Crippen molar-refractivity contribution in [3.63, 3.8) is 0 Å². The van der Waals surface area contributed by atoms with Crippen LogP contribution in [-0.2, 0) is 0 Å². The number of anilines is 2. The number of hydrogen-bond acceptors (Lipinski definition) is 4. The van der Waals surface area contributed by atoms with Gasteiger partial charge in [0.05, 0.1) is 11.4 Å². The molecule has 2 amide bonds. The fourth-order valence-electron chi connectivity index (χ4n) is 3.92. The van der Waals surface area contributed by atoms with Crippen LogP contribution in [0.3, 0.4) is 0 Å². The van der Waals surface area contributed by atoms with Gasteiger partial charge in [0.1, 0.15) is 11.6 Å². The molecule has 1 saturated heterocycles. The Morgan fingerprint density at radius 2 is 1.61 bits per heavy atom. The summed E-state index contributed by atoms with van der Waals surface area (Å²) < 4.78 is 27.1. The standard InChI is InChI=1S/C25H21F2N5O/c26-20-7-8-21(27)23(16-20)28-25(33)32-13-11-31(12-14-32)24-10-9-22(29-30-24)19-6-5-17-3-1-2-4-18(17)15-19/h1-10,15-16H,11-14H2,(H,28,33). The summed E-state index contributed by atoms with van der Waals surface area (Å²) in [5, 5.41) is 13.5. The van der Waals surface area contributed by atoms with Gasteiger partial charge in [0.2, 0.25) is 0 Å². The highest BCUT2D eigenvalue weighted by atomic mass is 19.1. The Morgan fingerprint density at radius 1 is 0.818 bits per heavy atom. The summed E-state index contributed by atoms with van der Waals surface area (Å²) in [5.41, 5.74) is 1.62. The third-order valence-corrected chi connectivity index (χ3v) is 5.76. The molecule has 4 aromatic rings. The Labute approximate surface area is 189 Å². The molecule has 0 atom stereocenters. The molecule has 1 fully saturated rings. The minimum atomic E-state index is -0.676. The second-order valence-electron chi connectivity index (χ2n) is 7.87. The first-order valence-corrected chi connectivity index (χ1v) is 10.7. The van der Waals surface area contributed by atoms with Crippen LogP contribution >= 0.6 is 0 Å². The number of carbonyl (C=O) groups excluding carboxylic acids is 1. The van der Waals surface area contributed by atoms with E-state index in [9.17, 15) is 13.6 Å². The number of nitrogens with zero attached hydrogens (tertiary/aromatic N) is 4. The Hall–Kier alpha value is -4.07. The molecule has 1 aromatic heterocycles. The fraction of sp³-hybridized carbons (Fsp3) is 0.160. The Kier molecular flexibility index (Phi) is 5.56. The molecule has 2 heterocycles. The van der Waals surface area contributed by atoms with Gasteiger partial charge in [0.25, 0.3) is 0 Å². The number of piperazine rings is 1. The van der Waals surface area contributed by atoms with Gasteiger partial charge in [0.15, 0.2) is 5.82 Å². The van der Waals surface area contributed by atoms with Gasteiger partial charge in [-0.2, -0.15) is 0 Å². The molecule has 33 heavy (non-hydrogen) atoms. The molecule has 166 valence electrons. The van der Waals surface area contributed by atoms with E-state index in [0.29, 0.717) is 26.2 Å². The lowest BCUT2D eigenvalue weighted by molar-refractivity contribution is 0.208. The highest BCUT2D eigenvalue weighted by Gasteiger charge is 2.23. The smallest absolute Gasteiger partial charge is 0.322 e. The van der Waals surface area contributed by atoms with Gasteiger partial charge < -0.3 is 15.1 Å². The van der Waals surface area contributed by atoms with Gasteiger partial charge in [-0.3, -0.25) is 0 Å². The molecule has 0 bridgehead atoms. The van der Waals surface area contributed by atoms with Gasteiger partial charge >= 0.3 is 6.03 Å². The number of urea groups is 1. The molecule has 0 saturated carbocycles. The zero-order chi connectivity index (χ0) is 22.8. The van der Waals surface area contributed by atoms with Crippen molar-refractivity contribution in [1.82, 2.24) is 15.1 Å². The van der Waals surface area contributed by atoms with Gasteiger partial charge in [-0.05, 0) is 41.1 Å². The van der Waals surface area contributed by atoms with Crippen LogP contribution in [0.25, 0.3) is 22.0 Å². The predicted molar refractivity (Wildman–Crippen MR) is 124 cm³/mol. The van der Waals surface area contributed by atoms with Gasteiger partial charge in [-0.1, -0.05) is 36.4 Å². The summed E-state index contributed by atoms with van der Waals surface area (Å²) in [7, 11) is 0. The second-order valence-corrected chi connectivity index (χ2v) is 7.87. The minimum absolute atomic E-state index is 0.169. The maximum absolute atomic E-state index is 13.8. The average molecular weight is 445 g/mol. The third-order valence-electron chi connectivity index (χ3n) is 5.76. The SMILES string of the molecule is O=C(Nc1cc(F)ccc1F)N1CCN(c2ccc(-c3ccc4ccccc4c3)nn2)CC1. The van der Waals surface area contributed by atoms with Crippen molar-refractivity contribution >= 4 is 28.3 Å². The van der Waals surface area contributed by atoms with Crippen molar-refractivity contribution in [1.29, 1.82) is 0 Å². The fourth-order valence-corrected chi connectivity index (χ4v) is 3.92. The first-order valence-electron chi connectivity index (χ1n) is 10.7. The van der Waals surface area contributed by atoms with Crippen molar-refractivity contribution < 1.29 is 13.6 Å². The first kappa shape index (κ1) is 20.8. The second kappa shape index (κ2) is 8.82. The van der Waals surface area contributed by atoms with Crippen LogP contribution in [0.1, 0.15) is 0 Å². The minimum Gasteiger partial charge on any atom is -0.352 e. The number of amides is 2. The number of carbonyl (C=O) groups is 1. The van der Waals surface area contributed by atoms with E-state index >= 15 is 0 Å². The lowest BCUT2D eigenvalue weighted by atomic mass is 10.1. The van der Waals surface area contributed by atoms with Crippen LogP contribution in [0.4, 0.5) is 25.1 Å². The van der Waals surface area contributed by atoms with Gasteiger partial charge in [-0.15, -0.1) is 10.2 Å². The Balaban J connectivity index is 1.22. The van der Waals surface area contributed by atoms with Crippen LogP contribution in [0.2, 0.25) is 0 Å². The molecule has 0 radical (unpaired) electrons. The Morgan fingerprint density at radius 3 is 2.36 bits per heavy atom. The number of fused-ring (bicyclic) bond motifs is 1. The average Bonchev–Trinajstić information content (AvgIpc) is 2.86. The van der Waals surface area contributed by atoms with Crippen molar-refractivity contribution in [2.45, 2.75) is 0 Å². The largest absolute Gasteiger partial charge is 0.352 e. The molecular weight excluding hydrogens is 424 g/mol. The highest BCUT2D eigenvalue weighted by Crippen LogP contribution is 2.24. The lowest BCUT2D eigenvalue weighted by Gasteiger charge is -2.35. The molecule has 8 heteroatoms. The molecule has 5 rings (SSSR count). The van der Waals surface area contributed by atoms with E-state index in [-0.39, 0.29) is 5.69 Å². The number of rotatable bonds is 3. The molecule has 6 nitrogen and oxygen atoms in total. The topological polar surface area (TPSA) is 61.4 Å². The molecule has 0 aliphatic carbocycles. The number of nitrogens with one attached hydrogen (secondary N) is 1. The summed E-state index contributed by atoms with van der Waals surface area (Å²) in [4.78, 5) is 16.1. The molecule has 3 aromatic carbocycles. The summed E-state index contributed by atoms with van der Waals surface area (Å²) in [5.74, 6) is -0.553. The van der Waals surface area contributed by atoms with Crippen LogP contribution in [-0.4, -0.2) is 47.3 Å². The summed E-state index contributed by atoms with van der Waals surface area (Å²) in [6.45, 7) is 1.97. The van der Waals surface area contributed by atoms with E-state index in [1.165, 1.54) is 5.39 Å². The summed E-state index contributed by atoms with van der Waals surface area (Å²) in [6, 6.07) is 20.7. The maximum Gasteiger partial charge on any atom is 0.322 e. The van der Waals surface area contributed by atoms with Crippen molar-refractivity contribution in [3.8, 4) is 11.3 Å². The van der Waals surface area contributed by atoms with Crippen molar-refractivity contribution in [3.05, 3.63) is 84.4 Å². The third kappa shape index (κ3) is 4.45. The number of benzene rings is 3. The van der Waals surface area contributed by atoms with E-state index < -0.39 is 17.7 Å². The highest BCUT2D eigenvalue weighted by molar-refractivity contribution is 5.89. The van der Waals surface area contributed by atoms with Crippen molar-refractivity contribution in [2.75, 3.05) is 36.4 Å². The lowest BCUT2D eigenvalue weighted by Crippen LogP contribution is -2.50. The maximum atomic E-state index is 13.8. The number of hydrogen-bond donors (Lipinski definition) is 1. The summed E-state index contributed by atoms with van der Waals surface area (Å²) >= 11 is 0. The van der Waals surface area contributed by atoms with E-state index in [1.54, 1.807) is 4.90 Å². The zero-order valence-corrected chi connectivity index (χ0v) is 17.7. The normalized spacial score (nSPS) is 13.9. The number of halogens is 2. The van der Waals surface area contributed by atoms with Crippen molar-refractivity contribution in [2.24, 2.45) is 0 Å². The van der Waals surface area contributed by atoms with Crippen LogP contribution in [0.5, 0.6) is 0 Å². The van der Waals surface area contributed by atoms with Crippen LogP contribution in [0, 0.1) is 11.6 Å². The molecule has 0 unspecified atom stereocenters. The number of aromatic nitrogens is 2. The summed E-state index contributed by atoms with van der Waals surface area (Å²) in [6.07, 6.45) is 0. The Bertz CT molecular complexity index is 1300. The van der Waals surface area contributed by atoms with E-state index in [4.69, 9.17) is 0 Å². The van der Waals surface area contributed by atoms with Crippen LogP contribution in [0.15, 0.2) is 72.8 Å².